The SMILES string of the molecule is C=CCN(CC=C)C(=O)C(C)NC(=O)c1ccn(COc2ccc(Br)cc2)n1. The van der Waals surface area contributed by atoms with Gasteiger partial charge in [-0.1, -0.05) is 28.1 Å². The Morgan fingerprint density at radius 1 is 1.25 bits per heavy atom. The van der Waals surface area contributed by atoms with Gasteiger partial charge in [0.25, 0.3) is 5.91 Å². The first kappa shape index (κ1) is 21.4. The number of aromatic nitrogens is 2. The molecule has 1 atom stereocenters. The minimum Gasteiger partial charge on any atom is -0.471 e. The van der Waals surface area contributed by atoms with Crippen LogP contribution < -0.4 is 10.1 Å². The van der Waals surface area contributed by atoms with Gasteiger partial charge in [0.1, 0.15) is 17.5 Å². The third kappa shape index (κ3) is 6.09. The highest BCUT2D eigenvalue weighted by molar-refractivity contribution is 9.10. The van der Waals surface area contributed by atoms with E-state index in [1.54, 1.807) is 36.2 Å². The first-order chi connectivity index (χ1) is 13.4. The number of halogens is 1. The molecule has 1 aromatic carbocycles. The quantitative estimate of drug-likeness (QED) is 0.569. The minimum atomic E-state index is -0.698. The van der Waals surface area contributed by atoms with Crippen molar-refractivity contribution in [1.29, 1.82) is 0 Å². The third-order valence-electron chi connectivity index (χ3n) is 3.78. The van der Waals surface area contributed by atoms with Crippen molar-refractivity contribution in [1.82, 2.24) is 20.0 Å². The van der Waals surface area contributed by atoms with Gasteiger partial charge in [0.05, 0.1) is 0 Å². The van der Waals surface area contributed by atoms with Crippen molar-refractivity contribution in [2.24, 2.45) is 0 Å². The van der Waals surface area contributed by atoms with Gasteiger partial charge in [0, 0.05) is 23.8 Å². The lowest BCUT2D eigenvalue weighted by atomic mass is 10.2. The molecule has 8 heteroatoms. The summed E-state index contributed by atoms with van der Waals surface area (Å²) < 4.78 is 8.08. The van der Waals surface area contributed by atoms with Crippen LogP contribution in [0.5, 0.6) is 5.75 Å². The summed E-state index contributed by atoms with van der Waals surface area (Å²) in [6, 6.07) is 8.27. The minimum absolute atomic E-state index is 0.163. The topological polar surface area (TPSA) is 76.5 Å². The van der Waals surface area contributed by atoms with Gasteiger partial charge in [0.15, 0.2) is 6.73 Å². The van der Waals surface area contributed by atoms with Crippen molar-refractivity contribution in [3.8, 4) is 5.75 Å². The lowest BCUT2D eigenvalue weighted by molar-refractivity contribution is -0.131. The van der Waals surface area contributed by atoms with Gasteiger partial charge in [-0.15, -0.1) is 13.2 Å². The zero-order chi connectivity index (χ0) is 20.5. The average molecular weight is 447 g/mol. The molecule has 0 saturated carbocycles. The molecule has 2 amide bonds. The fourth-order valence-corrected chi connectivity index (χ4v) is 2.66. The molecule has 2 aromatic rings. The van der Waals surface area contributed by atoms with Crippen molar-refractivity contribution in [3.05, 3.63) is 72.0 Å². The highest BCUT2D eigenvalue weighted by Crippen LogP contribution is 2.16. The van der Waals surface area contributed by atoms with Crippen LogP contribution in [-0.2, 0) is 11.5 Å². The number of carbonyl (C=O) groups excluding carboxylic acids is 2. The molecule has 1 N–H and O–H groups in total. The van der Waals surface area contributed by atoms with Gasteiger partial charge in [-0.05, 0) is 37.3 Å². The van der Waals surface area contributed by atoms with E-state index in [1.807, 2.05) is 24.3 Å². The second kappa shape index (κ2) is 10.5. The van der Waals surface area contributed by atoms with Gasteiger partial charge in [-0.3, -0.25) is 9.59 Å². The number of carbonyl (C=O) groups is 2. The molecular formula is C20H23BrN4O3. The van der Waals surface area contributed by atoms with Crippen LogP contribution in [0.2, 0.25) is 0 Å². The molecule has 0 fully saturated rings. The molecular weight excluding hydrogens is 424 g/mol. The Morgan fingerprint density at radius 3 is 2.50 bits per heavy atom. The monoisotopic (exact) mass is 446 g/mol. The smallest absolute Gasteiger partial charge is 0.272 e. The summed E-state index contributed by atoms with van der Waals surface area (Å²) in [5.74, 6) is 0.0417. The number of nitrogens with zero attached hydrogens (tertiary/aromatic N) is 3. The summed E-state index contributed by atoms with van der Waals surface area (Å²) in [5, 5.41) is 6.85. The van der Waals surface area contributed by atoms with Crippen LogP contribution in [0.3, 0.4) is 0 Å². The van der Waals surface area contributed by atoms with Gasteiger partial charge in [-0.2, -0.15) is 5.10 Å². The van der Waals surface area contributed by atoms with Crippen molar-refractivity contribution in [2.45, 2.75) is 19.7 Å². The summed E-state index contributed by atoms with van der Waals surface area (Å²) in [6.45, 7) is 9.83. The van der Waals surface area contributed by atoms with E-state index >= 15 is 0 Å². The zero-order valence-electron chi connectivity index (χ0n) is 15.7. The van der Waals surface area contributed by atoms with E-state index in [9.17, 15) is 9.59 Å². The van der Waals surface area contributed by atoms with Crippen LogP contribution >= 0.6 is 15.9 Å². The standard InChI is InChI=1S/C20H23BrN4O3/c1-4-11-24(12-5-2)20(27)15(3)22-19(26)18-10-13-25(23-18)14-28-17-8-6-16(21)7-9-17/h4-10,13,15H,1-2,11-12,14H2,3H3,(H,22,26). The summed E-state index contributed by atoms with van der Waals surface area (Å²) in [7, 11) is 0. The van der Waals surface area contributed by atoms with Crippen LogP contribution in [0.1, 0.15) is 17.4 Å². The largest absolute Gasteiger partial charge is 0.471 e. The summed E-state index contributed by atoms with van der Waals surface area (Å²) in [6.07, 6.45) is 4.90. The first-order valence-electron chi connectivity index (χ1n) is 8.68. The fourth-order valence-electron chi connectivity index (χ4n) is 2.40. The first-order valence-corrected chi connectivity index (χ1v) is 9.47. The number of benzene rings is 1. The zero-order valence-corrected chi connectivity index (χ0v) is 17.3. The second-order valence-electron chi connectivity index (χ2n) is 5.98. The summed E-state index contributed by atoms with van der Waals surface area (Å²) >= 11 is 3.36. The highest BCUT2D eigenvalue weighted by Gasteiger charge is 2.22. The Hall–Kier alpha value is -2.87. The molecule has 0 radical (unpaired) electrons. The number of nitrogens with one attached hydrogen (secondary N) is 1. The highest BCUT2D eigenvalue weighted by atomic mass is 79.9. The molecule has 2 rings (SSSR count). The van der Waals surface area contributed by atoms with Crippen molar-refractivity contribution >= 4 is 27.7 Å². The molecule has 0 aliphatic rings. The lowest BCUT2D eigenvalue weighted by Crippen LogP contribution is -2.47. The predicted molar refractivity (Wildman–Crippen MR) is 111 cm³/mol. The van der Waals surface area contributed by atoms with E-state index in [0.717, 1.165) is 4.47 Å². The Kier molecular flexibility index (Phi) is 8.01. The van der Waals surface area contributed by atoms with E-state index in [0.29, 0.717) is 18.8 Å². The van der Waals surface area contributed by atoms with Gasteiger partial charge in [0.2, 0.25) is 5.91 Å². The normalized spacial score (nSPS) is 11.4. The number of hydrogen-bond acceptors (Lipinski definition) is 4. The fraction of sp³-hybridized carbons (Fsp3) is 0.250. The lowest BCUT2D eigenvalue weighted by Gasteiger charge is -2.23. The van der Waals surface area contributed by atoms with E-state index in [4.69, 9.17) is 4.74 Å². The predicted octanol–water partition coefficient (Wildman–Crippen LogP) is 3.00. The van der Waals surface area contributed by atoms with Crippen molar-refractivity contribution < 1.29 is 14.3 Å². The summed E-state index contributed by atoms with van der Waals surface area (Å²) in [4.78, 5) is 26.4. The Bertz CT molecular complexity index is 822. The number of ether oxygens (including phenoxy) is 1. The Morgan fingerprint density at radius 2 is 1.89 bits per heavy atom. The molecule has 0 aliphatic carbocycles. The van der Waals surface area contributed by atoms with E-state index in [1.165, 1.54) is 4.68 Å². The van der Waals surface area contributed by atoms with Crippen LogP contribution in [0.4, 0.5) is 0 Å². The van der Waals surface area contributed by atoms with Gasteiger partial charge < -0.3 is 15.0 Å². The second-order valence-corrected chi connectivity index (χ2v) is 6.90. The van der Waals surface area contributed by atoms with Crippen molar-refractivity contribution in [2.75, 3.05) is 13.1 Å². The van der Waals surface area contributed by atoms with Crippen molar-refractivity contribution in [3.63, 3.8) is 0 Å². The number of rotatable bonds is 10. The third-order valence-corrected chi connectivity index (χ3v) is 4.31. The number of amides is 2. The average Bonchev–Trinajstić information content (AvgIpc) is 3.16. The van der Waals surface area contributed by atoms with E-state index < -0.39 is 11.9 Å². The molecule has 148 valence electrons. The maximum absolute atomic E-state index is 12.4. The van der Waals surface area contributed by atoms with Crippen LogP contribution in [0.15, 0.2) is 66.3 Å². The molecule has 28 heavy (non-hydrogen) atoms. The molecule has 1 aromatic heterocycles. The summed E-state index contributed by atoms with van der Waals surface area (Å²) in [5.41, 5.74) is 0.207. The molecule has 1 heterocycles. The molecule has 1 unspecified atom stereocenters. The van der Waals surface area contributed by atoms with E-state index in [-0.39, 0.29) is 18.3 Å². The molecule has 0 spiro atoms. The van der Waals surface area contributed by atoms with Gasteiger partial charge >= 0.3 is 0 Å². The number of hydrogen-bond donors (Lipinski definition) is 1. The van der Waals surface area contributed by atoms with E-state index in [2.05, 4.69) is 39.5 Å². The maximum Gasteiger partial charge on any atom is 0.272 e. The molecule has 0 aliphatic heterocycles. The Balaban J connectivity index is 1.91. The maximum atomic E-state index is 12.4. The molecule has 7 nitrogen and oxygen atoms in total. The van der Waals surface area contributed by atoms with Crippen LogP contribution in [0, 0.1) is 0 Å². The molecule has 0 saturated heterocycles. The van der Waals surface area contributed by atoms with Crippen LogP contribution in [-0.4, -0.2) is 45.6 Å². The van der Waals surface area contributed by atoms with Crippen LogP contribution in [0.25, 0.3) is 0 Å². The molecule has 0 bridgehead atoms. The van der Waals surface area contributed by atoms with Gasteiger partial charge in [-0.25, -0.2) is 4.68 Å². The Labute approximate surface area is 172 Å².